The Morgan fingerprint density at radius 1 is 1.31 bits per heavy atom. The Kier molecular flexibility index (Phi) is 5.28. The molecule has 0 aromatic carbocycles. The lowest BCUT2D eigenvalue weighted by Gasteiger charge is -2.42. The molecule has 4 rings (SSSR count). The summed E-state index contributed by atoms with van der Waals surface area (Å²) in [5, 5.41) is 0. The first kappa shape index (κ1) is 17.9. The quantitative estimate of drug-likeness (QED) is 0.785. The molecule has 1 amide bonds. The maximum Gasteiger partial charge on any atom is 0.219 e. The molecule has 5 nitrogen and oxygen atoms in total. The van der Waals surface area contributed by atoms with Gasteiger partial charge in [-0.2, -0.15) is 0 Å². The van der Waals surface area contributed by atoms with Crippen molar-refractivity contribution >= 4 is 5.91 Å². The van der Waals surface area contributed by atoms with E-state index in [0.29, 0.717) is 5.92 Å². The molecule has 1 spiro atoms. The van der Waals surface area contributed by atoms with Crippen LogP contribution in [-0.2, 0) is 16.1 Å². The summed E-state index contributed by atoms with van der Waals surface area (Å²) in [7, 11) is 0. The van der Waals surface area contributed by atoms with Gasteiger partial charge in [0, 0.05) is 51.5 Å². The molecular weight excluding hydrogens is 326 g/mol. The fourth-order valence-electron chi connectivity index (χ4n) is 4.64. The molecule has 1 saturated carbocycles. The summed E-state index contributed by atoms with van der Waals surface area (Å²) < 4.78 is 6.06. The van der Waals surface area contributed by atoms with Crippen molar-refractivity contribution in [3.05, 3.63) is 30.1 Å². The van der Waals surface area contributed by atoms with Crippen molar-refractivity contribution < 1.29 is 9.53 Å². The van der Waals surface area contributed by atoms with Gasteiger partial charge in [0.1, 0.15) is 0 Å². The Morgan fingerprint density at radius 2 is 2.12 bits per heavy atom. The Balaban J connectivity index is 1.35. The van der Waals surface area contributed by atoms with E-state index in [0.717, 1.165) is 64.7 Å². The van der Waals surface area contributed by atoms with Gasteiger partial charge in [0.05, 0.1) is 6.61 Å². The van der Waals surface area contributed by atoms with Crippen LogP contribution in [0.4, 0.5) is 0 Å². The van der Waals surface area contributed by atoms with Gasteiger partial charge in [-0.25, -0.2) is 0 Å². The Labute approximate surface area is 156 Å². The lowest BCUT2D eigenvalue weighted by molar-refractivity contribution is -0.128. The van der Waals surface area contributed by atoms with Crippen LogP contribution in [0.5, 0.6) is 0 Å². The molecule has 0 bridgehead atoms. The molecule has 1 aromatic heterocycles. The van der Waals surface area contributed by atoms with E-state index in [1.165, 1.54) is 18.4 Å². The first-order valence-electron chi connectivity index (χ1n) is 10.1. The van der Waals surface area contributed by atoms with Crippen LogP contribution in [0.15, 0.2) is 24.5 Å². The third-order valence-electron chi connectivity index (χ3n) is 6.61. The number of amides is 1. The van der Waals surface area contributed by atoms with Crippen LogP contribution in [0.1, 0.15) is 38.2 Å². The number of hydrogen-bond donors (Lipinski definition) is 0. The average Bonchev–Trinajstić information content (AvgIpc) is 3.40. The van der Waals surface area contributed by atoms with Crippen molar-refractivity contribution in [1.82, 2.24) is 14.8 Å². The molecule has 0 N–H and O–H groups in total. The molecule has 1 aliphatic carbocycles. The first-order valence-corrected chi connectivity index (χ1v) is 10.1. The topological polar surface area (TPSA) is 45.7 Å². The Hall–Kier alpha value is -1.46. The second-order valence-electron chi connectivity index (χ2n) is 8.58. The van der Waals surface area contributed by atoms with E-state index in [4.69, 9.17) is 4.74 Å². The highest BCUT2D eigenvalue weighted by molar-refractivity contribution is 5.73. The van der Waals surface area contributed by atoms with Crippen LogP contribution in [0.2, 0.25) is 0 Å². The van der Waals surface area contributed by atoms with E-state index in [-0.39, 0.29) is 11.3 Å². The molecular formula is C21H31N3O2. The Morgan fingerprint density at radius 3 is 2.77 bits per heavy atom. The highest BCUT2D eigenvalue weighted by Crippen LogP contribution is 2.45. The summed E-state index contributed by atoms with van der Waals surface area (Å²) in [4.78, 5) is 20.8. The van der Waals surface area contributed by atoms with Gasteiger partial charge in [0.2, 0.25) is 5.91 Å². The summed E-state index contributed by atoms with van der Waals surface area (Å²) in [6.45, 7) is 8.41. The molecule has 0 radical (unpaired) electrons. The third-order valence-corrected chi connectivity index (χ3v) is 6.61. The molecule has 142 valence electrons. The summed E-state index contributed by atoms with van der Waals surface area (Å²) in [6, 6.07) is 4.16. The third kappa shape index (κ3) is 4.09. The smallest absolute Gasteiger partial charge is 0.219 e. The SMILES string of the molecule is CC(=O)N1C[C@H](COCC2CC2)C2(CCN(Cc3cccnc3)CC2)C1. The van der Waals surface area contributed by atoms with Crippen LogP contribution >= 0.6 is 0 Å². The van der Waals surface area contributed by atoms with Crippen molar-refractivity contribution in [2.24, 2.45) is 17.3 Å². The summed E-state index contributed by atoms with van der Waals surface area (Å²) >= 11 is 0. The zero-order valence-corrected chi connectivity index (χ0v) is 15.9. The summed E-state index contributed by atoms with van der Waals surface area (Å²) in [5.41, 5.74) is 1.53. The predicted octanol–water partition coefficient (Wildman–Crippen LogP) is 2.57. The van der Waals surface area contributed by atoms with E-state index in [2.05, 4.69) is 20.9 Å². The van der Waals surface area contributed by atoms with Crippen LogP contribution in [0, 0.1) is 17.3 Å². The monoisotopic (exact) mass is 357 g/mol. The van der Waals surface area contributed by atoms with Crippen LogP contribution in [0.3, 0.4) is 0 Å². The van der Waals surface area contributed by atoms with Crippen LogP contribution in [-0.4, -0.2) is 60.1 Å². The molecule has 3 fully saturated rings. The highest BCUT2D eigenvalue weighted by Gasteiger charge is 2.48. The van der Waals surface area contributed by atoms with E-state index in [1.807, 2.05) is 18.5 Å². The predicted molar refractivity (Wildman–Crippen MR) is 100 cm³/mol. The minimum Gasteiger partial charge on any atom is -0.381 e. The van der Waals surface area contributed by atoms with Crippen molar-refractivity contribution in [3.8, 4) is 0 Å². The molecule has 26 heavy (non-hydrogen) atoms. The number of nitrogens with zero attached hydrogens (tertiary/aromatic N) is 3. The second kappa shape index (κ2) is 7.65. The largest absolute Gasteiger partial charge is 0.381 e. The number of carbonyl (C=O) groups is 1. The number of likely N-dealkylation sites (tertiary alicyclic amines) is 2. The van der Waals surface area contributed by atoms with Gasteiger partial charge in [-0.3, -0.25) is 14.7 Å². The zero-order valence-electron chi connectivity index (χ0n) is 15.9. The van der Waals surface area contributed by atoms with Gasteiger partial charge in [0.15, 0.2) is 0 Å². The fourth-order valence-corrected chi connectivity index (χ4v) is 4.64. The second-order valence-corrected chi connectivity index (χ2v) is 8.58. The molecule has 3 aliphatic rings. The van der Waals surface area contributed by atoms with Crippen molar-refractivity contribution in [3.63, 3.8) is 0 Å². The number of rotatable bonds is 6. The zero-order chi connectivity index (χ0) is 18.0. The molecule has 1 aromatic rings. The molecule has 0 unspecified atom stereocenters. The van der Waals surface area contributed by atoms with E-state index in [1.54, 1.807) is 6.92 Å². The molecule has 3 heterocycles. The lowest BCUT2D eigenvalue weighted by Crippen LogP contribution is -2.45. The van der Waals surface area contributed by atoms with Crippen molar-refractivity contribution in [2.45, 2.75) is 39.2 Å². The number of carbonyl (C=O) groups excluding carboxylic acids is 1. The highest BCUT2D eigenvalue weighted by atomic mass is 16.5. The van der Waals surface area contributed by atoms with Gasteiger partial charge < -0.3 is 9.64 Å². The summed E-state index contributed by atoms with van der Waals surface area (Å²) in [5.74, 6) is 1.51. The molecule has 2 saturated heterocycles. The summed E-state index contributed by atoms with van der Waals surface area (Å²) in [6.07, 6.45) is 8.78. The number of piperidine rings is 1. The normalized spacial score (nSPS) is 25.7. The van der Waals surface area contributed by atoms with E-state index >= 15 is 0 Å². The number of hydrogen-bond acceptors (Lipinski definition) is 4. The van der Waals surface area contributed by atoms with Gasteiger partial charge >= 0.3 is 0 Å². The lowest BCUT2D eigenvalue weighted by atomic mass is 9.71. The fraction of sp³-hybridized carbons (Fsp3) is 0.714. The molecule has 2 aliphatic heterocycles. The van der Waals surface area contributed by atoms with Crippen molar-refractivity contribution in [1.29, 1.82) is 0 Å². The van der Waals surface area contributed by atoms with Crippen LogP contribution < -0.4 is 0 Å². The van der Waals surface area contributed by atoms with Gasteiger partial charge in [-0.05, 0) is 61.7 Å². The van der Waals surface area contributed by atoms with Gasteiger partial charge in [0.25, 0.3) is 0 Å². The van der Waals surface area contributed by atoms with E-state index in [9.17, 15) is 4.79 Å². The van der Waals surface area contributed by atoms with Crippen molar-refractivity contribution in [2.75, 3.05) is 39.4 Å². The van der Waals surface area contributed by atoms with E-state index < -0.39 is 0 Å². The molecule has 5 heteroatoms. The number of aromatic nitrogens is 1. The minimum absolute atomic E-state index is 0.215. The number of pyridine rings is 1. The van der Waals surface area contributed by atoms with Crippen LogP contribution in [0.25, 0.3) is 0 Å². The molecule has 1 atom stereocenters. The van der Waals surface area contributed by atoms with Gasteiger partial charge in [-0.1, -0.05) is 6.07 Å². The Bertz CT molecular complexity index is 609. The maximum absolute atomic E-state index is 12.0. The average molecular weight is 357 g/mol. The maximum atomic E-state index is 12.0. The van der Waals surface area contributed by atoms with Gasteiger partial charge in [-0.15, -0.1) is 0 Å². The number of ether oxygens (including phenoxy) is 1. The first-order chi connectivity index (χ1) is 12.6. The standard InChI is InChI=1S/C21H31N3O2/c1-17(25)24-13-20(15-26-14-18-4-5-18)21(16-24)6-9-23(10-7-21)12-19-3-2-8-22-11-19/h2-3,8,11,18,20H,4-7,9-10,12-16H2,1H3/t20-/m1/s1. The minimum atomic E-state index is 0.215.